The van der Waals surface area contributed by atoms with Crippen LogP contribution in [0.25, 0.3) is 0 Å². The zero-order chi connectivity index (χ0) is 12.3. The zero-order valence-corrected chi connectivity index (χ0v) is 9.63. The molecule has 0 spiro atoms. The van der Waals surface area contributed by atoms with Gasteiger partial charge in [0.05, 0.1) is 13.2 Å². The molecular weight excluding hydrogens is 214 g/mol. The van der Waals surface area contributed by atoms with Gasteiger partial charge in [0.15, 0.2) is 0 Å². The molecule has 0 saturated heterocycles. The molecule has 0 radical (unpaired) electrons. The first-order valence-corrected chi connectivity index (χ1v) is 5.31. The minimum atomic E-state index is -0.293. The van der Waals surface area contributed by atoms with Gasteiger partial charge in [-0.1, -0.05) is 12.1 Å². The minimum absolute atomic E-state index is 0.293. The fraction of sp³-hybridized carbons (Fsp3) is 0.154. The number of anilines is 1. The molecule has 0 fully saturated rings. The SMILES string of the molecule is COc1cccc(C(N)c2cnccc2N)c1. The Balaban J connectivity index is 2.37. The van der Waals surface area contributed by atoms with Crippen LogP contribution in [0.5, 0.6) is 5.75 Å². The Kier molecular flexibility index (Phi) is 3.25. The molecule has 4 N–H and O–H groups in total. The van der Waals surface area contributed by atoms with E-state index in [-0.39, 0.29) is 6.04 Å². The van der Waals surface area contributed by atoms with E-state index in [2.05, 4.69) is 4.98 Å². The third kappa shape index (κ3) is 2.37. The van der Waals surface area contributed by atoms with Crippen molar-refractivity contribution >= 4 is 5.69 Å². The molecule has 1 unspecified atom stereocenters. The molecule has 1 aromatic heterocycles. The van der Waals surface area contributed by atoms with Gasteiger partial charge in [-0.3, -0.25) is 4.98 Å². The van der Waals surface area contributed by atoms with Crippen molar-refractivity contribution in [3.8, 4) is 5.75 Å². The van der Waals surface area contributed by atoms with E-state index in [1.807, 2.05) is 24.3 Å². The van der Waals surface area contributed by atoms with Crippen molar-refractivity contribution in [2.75, 3.05) is 12.8 Å². The van der Waals surface area contributed by atoms with E-state index in [4.69, 9.17) is 16.2 Å². The number of nitrogens with zero attached hydrogens (tertiary/aromatic N) is 1. The van der Waals surface area contributed by atoms with E-state index in [1.54, 1.807) is 25.6 Å². The largest absolute Gasteiger partial charge is 0.497 e. The van der Waals surface area contributed by atoms with E-state index in [0.29, 0.717) is 5.69 Å². The maximum absolute atomic E-state index is 6.17. The molecule has 4 heteroatoms. The highest BCUT2D eigenvalue weighted by atomic mass is 16.5. The predicted molar refractivity (Wildman–Crippen MR) is 67.7 cm³/mol. The first-order valence-electron chi connectivity index (χ1n) is 5.31. The number of ether oxygens (including phenoxy) is 1. The third-order valence-electron chi connectivity index (χ3n) is 2.68. The van der Waals surface area contributed by atoms with Crippen LogP contribution in [0.15, 0.2) is 42.7 Å². The monoisotopic (exact) mass is 229 g/mol. The van der Waals surface area contributed by atoms with Gasteiger partial charge in [-0.05, 0) is 23.8 Å². The van der Waals surface area contributed by atoms with E-state index in [1.165, 1.54) is 0 Å². The average Bonchev–Trinajstić information content (AvgIpc) is 2.38. The van der Waals surface area contributed by atoms with Crippen LogP contribution in [-0.4, -0.2) is 12.1 Å². The van der Waals surface area contributed by atoms with Crippen molar-refractivity contribution in [1.82, 2.24) is 4.98 Å². The summed E-state index contributed by atoms with van der Waals surface area (Å²) in [4.78, 5) is 4.04. The summed E-state index contributed by atoms with van der Waals surface area (Å²) in [5, 5.41) is 0. The van der Waals surface area contributed by atoms with Gasteiger partial charge in [-0.25, -0.2) is 0 Å². The normalized spacial score (nSPS) is 12.1. The second kappa shape index (κ2) is 4.84. The average molecular weight is 229 g/mol. The number of benzene rings is 1. The summed E-state index contributed by atoms with van der Waals surface area (Å²) in [6.07, 6.45) is 3.34. The summed E-state index contributed by atoms with van der Waals surface area (Å²) in [5.41, 5.74) is 14.5. The highest BCUT2D eigenvalue weighted by Gasteiger charge is 2.12. The highest BCUT2D eigenvalue weighted by Crippen LogP contribution is 2.25. The second-order valence-electron chi connectivity index (χ2n) is 3.76. The number of hydrogen-bond donors (Lipinski definition) is 2. The number of pyridine rings is 1. The lowest BCUT2D eigenvalue weighted by Crippen LogP contribution is -2.14. The van der Waals surface area contributed by atoms with Gasteiger partial charge < -0.3 is 16.2 Å². The Morgan fingerprint density at radius 2 is 2.12 bits per heavy atom. The Morgan fingerprint density at radius 3 is 2.82 bits per heavy atom. The second-order valence-corrected chi connectivity index (χ2v) is 3.76. The molecule has 0 aliphatic carbocycles. The van der Waals surface area contributed by atoms with Crippen LogP contribution < -0.4 is 16.2 Å². The number of aromatic nitrogens is 1. The smallest absolute Gasteiger partial charge is 0.119 e. The lowest BCUT2D eigenvalue weighted by Gasteiger charge is -2.14. The third-order valence-corrected chi connectivity index (χ3v) is 2.68. The summed E-state index contributed by atoms with van der Waals surface area (Å²) in [5.74, 6) is 0.778. The Bertz CT molecular complexity index is 514. The molecule has 0 saturated carbocycles. The van der Waals surface area contributed by atoms with E-state index in [9.17, 15) is 0 Å². The van der Waals surface area contributed by atoms with Crippen molar-refractivity contribution < 1.29 is 4.74 Å². The van der Waals surface area contributed by atoms with Crippen LogP contribution in [0.3, 0.4) is 0 Å². The van der Waals surface area contributed by atoms with Gasteiger partial charge in [0.25, 0.3) is 0 Å². The molecule has 17 heavy (non-hydrogen) atoms. The minimum Gasteiger partial charge on any atom is -0.497 e. The molecule has 88 valence electrons. The first-order chi connectivity index (χ1) is 8.22. The molecular formula is C13H15N3O. The maximum atomic E-state index is 6.17. The molecule has 0 amide bonds. The van der Waals surface area contributed by atoms with Crippen molar-refractivity contribution in [1.29, 1.82) is 0 Å². The molecule has 0 aliphatic heterocycles. The van der Waals surface area contributed by atoms with Crippen molar-refractivity contribution in [3.63, 3.8) is 0 Å². The van der Waals surface area contributed by atoms with E-state index < -0.39 is 0 Å². The standard InChI is InChI=1S/C13H15N3O/c1-17-10-4-2-3-9(7-10)13(15)11-8-16-6-5-12(11)14/h2-8,13H,15H2,1H3,(H2,14,16). The molecule has 1 aromatic carbocycles. The zero-order valence-electron chi connectivity index (χ0n) is 9.63. The predicted octanol–water partition coefficient (Wildman–Crippen LogP) is 1.72. The summed E-state index contributed by atoms with van der Waals surface area (Å²) in [6.45, 7) is 0. The molecule has 2 aromatic rings. The number of hydrogen-bond acceptors (Lipinski definition) is 4. The summed E-state index contributed by atoms with van der Waals surface area (Å²) >= 11 is 0. The molecule has 4 nitrogen and oxygen atoms in total. The van der Waals surface area contributed by atoms with Crippen LogP contribution >= 0.6 is 0 Å². The Labute approximate surface area is 100 Å². The van der Waals surface area contributed by atoms with Gasteiger partial charge >= 0.3 is 0 Å². The van der Waals surface area contributed by atoms with Crippen LogP contribution in [0.4, 0.5) is 5.69 Å². The quantitative estimate of drug-likeness (QED) is 0.840. The van der Waals surface area contributed by atoms with E-state index in [0.717, 1.165) is 16.9 Å². The fourth-order valence-electron chi connectivity index (χ4n) is 1.69. The number of nitrogen functional groups attached to an aromatic ring is 1. The van der Waals surface area contributed by atoms with Gasteiger partial charge in [-0.15, -0.1) is 0 Å². The molecule has 0 bridgehead atoms. The molecule has 0 aliphatic rings. The molecule has 2 rings (SSSR count). The molecule has 1 atom stereocenters. The fourth-order valence-corrected chi connectivity index (χ4v) is 1.69. The summed E-state index contributed by atoms with van der Waals surface area (Å²) < 4.78 is 5.17. The summed E-state index contributed by atoms with van der Waals surface area (Å²) in [7, 11) is 1.63. The summed E-state index contributed by atoms with van der Waals surface area (Å²) in [6, 6.07) is 9.08. The van der Waals surface area contributed by atoms with Crippen molar-refractivity contribution in [2.45, 2.75) is 6.04 Å². The number of methoxy groups -OCH3 is 1. The number of nitrogens with two attached hydrogens (primary N) is 2. The van der Waals surface area contributed by atoms with Gasteiger partial charge in [0.2, 0.25) is 0 Å². The van der Waals surface area contributed by atoms with Crippen molar-refractivity contribution in [3.05, 3.63) is 53.9 Å². The van der Waals surface area contributed by atoms with Gasteiger partial charge in [-0.2, -0.15) is 0 Å². The van der Waals surface area contributed by atoms with Gasteiger partial charge in [0, 0.05) is 23.6 Å². The van der Waals surface area contributed by atoms with Crippen LogP contribution in [0.2, 0.25) is 0 Å². The Hall–Kier alpha value is -2.07. The van der Waals surface area contributed by atoms with Crippen LogP contribution in [-0.2, 0) is 0 Å². The lowest BCUT2D eigenvalue weighted by atomic mass is 10.00. The van der Waals surface area contributed by atoms with Crippen LogP contribution in [0, 0.1) is 0 Å². The topological polar surface area (TPSA) is 74.2 Å². The number of rotatable bonds is 3. The van der Waals surface area contributed by atoms with Gasteiger partial charge in [0.1, 0.15) is 5.75 Å². The maximum Gasteiger partial charge on any atom is 0.119 e. The highest BCUT2D eigenvalue weighted by molar-refractivity contribution is 5.50. The Morgan fingerprint density at radius 1 is 1.29 bits per heavy atom. The van der Waals surface area contributed by atoms with Crippen LogP contribution in [0.1, 0.15) is 17.2 Å². The van der Waals surface area contributed by atoms with Crippen molar-refractivity contribution in [2.24, 2.45) is 5.73 Å². The van der Waals surface area contributed by atoms with E-state index >= 15 is 0 Å². The molecule has 1 heterocycles. The lowest BCUT2D eigenvalue weighted by molar-refractivity contribution is 0.414. The first kappa shape index (κ1) is 11.4.